The van der Waals surface area contributed by atoms with Crippen LogP contribution in [0.2, 0.25) is 0 Å². The largest absolute Gasteiger partial charge is 0.398 e. The number of hydrogen-bond donors (Lipinski definition) is 1. The van der Waals surface area contributed by atoms with Gasteiger partial charge in [-0.3, -0.25) is 9.78 Å². The van der Waals surface area contributed by atoms with E-state index in [4.69, 9.17) is 5.73 Å². The number of nitrogens with two attached hydrogens (primary N) is 1. The summed E-state index contributed by atoms with van der Waals surface area (Å²) in [5.74, 6) is -0.00282. The van der Waals surface area contributed by atoms with Crippen molar-refractivity contribution in [2.45, 2.75) is 6.92 Å². The van der Waals surface area contributed by atoms with Crippen molar-refractivity contribution in [1.29, 1.82) is 0 Å². The van der Waals surface area contributed by atoms with E-state index < -0.39 is 0 Å². The van der Waals surface area contributed by atoms with Gasteiger partial charge in [0.25, 0.3) is 5.91 Å². The van der Waals surface area contributed by atoms with Crippen LogP contribution in [0, 0.1) is 6.92 Å². The summed E-state index contributed by atoms with van der Waals surface area (Å²) in [4.78, 5) is 21.1. The molecule has 5 nitrogen and oxygen atoms in total. The average molecular weight is 284 g/mol. The van der Waals surface area contributed by atoms with Crippen molar-refractivity contribution in [2.24, 2.45) is 0 Å². The van der Waals surface area contributed by atoms with Gasteiger partial charge in [-0.2, -0.15) is 0 Å². The molecule has 0 radical (unpaired) electrons. The number of anilines is 1. The maximum Gasteiger partial charge on any atom is 0.273 e. The third kappa shape index (κ3) is 2.45. The molecule has 0 unspecified atom stereocenters. The number of carbonyl (C=O) groups is 1. The van der Waals surface area contributed by atoms with Crippen LogP contribution in [-0.4, -0.2) is 53.9 Å². The topological polar surface area (TPSA) is 62.5 Å². The fourth-order valence-electron chi connectivity index (χ4n) is 2.72. The van der Waals surface area contributed by atoms with Gasteiger partial charge in [-0.25, -0.2) is 0 Å². The van der Waals surface area contributed by atoms with Gasteiger partial charge < -0.3 is 15.5 Å². The molecule has 2 heterocycles. The maximum atomic E-state index is 12.7. The van der Waals surface area contributed by atoms with Crippen LogP contribution in [0.15, 0.2) is 24.4 Å². The van der Waals surface area contributed by atoms with Crippen molar-refractivity contribution >= 4 is 22.4 Å². The lowest BCUT2D eigenvalue weighted by atomic mass is 10.0. The Labute approximate surface area is 124 Å². The van der Waals surface area contributed by atoms with Crippen molar-refractivity contribution in [1.82, 2.24) is 14.8 Å². The molecule has 1 aromatic heterocycles. The third-order valence-corrected chi connectivity index (χ3v) is 4.20. The molecular weight excluding hydrogens is 264 g/mol. The highest BCUT2D eigenvalue weighted by molar-refractivity contribution is 6.08. The van der Waals surface area contributed by atoms with E-state index in [0.717, 1.165) is 48.2 Å². The highest BCUT2D eigenvalue weighted by Gasteiger charge is 2.23. The second kappa shape index (κ2) is 5.33. The normalized spacial score (nSPS) is 16.4. The SMILES string of the molecule is Cc1ccc2c(C(=O)N3CCN(C)CC3)nccc2c1N. The number of pyridine rings is 1. The number of amides is 1. The van der Waals surface area contributed by atoms with E-state index in [-0.39, 0.29) is 5.91 Å². The summed E-state index contributed by atoms with van der Waals surface area (Å²) in [5.41, 5.74) is 8.37. The van der Waals surface area contributed by atoms with E-state index >= 15 is 0 Å². The van der Waals surface area contributed by atoms with Crippen LogP contribution in [0.25, 0.3) is 10.8 Å². The minimum atomic E-state index is -0.00282. The predicted molar refractivity (Wildman–Crippen MR) is 84.3 cm³/mol. The number of benzene rings is 1. The Morgan fingerprint density at radius 1 is 1.14 bits per heavy atom. The Kier molecular flexibility index (Phi) is 3.51. The van der Waals surface area contributed by atoms with Crippen LogP contribution in [0.4, 0.5) is 5.69 Å². The van der Waals surface area contributed by atoms with Crippen molar-refractivity contribution in [2.75, 3.05) is 39.0 Å². The van der Waals surface area contributed by atoms with Gasteiger partial charge in [0.1, 0.15) is 5.69 Å². The smallest absolute Gasteiger partial charge is 0.273 e. The van der Waals surface area contributed by atoms with E-state index in [0.29, 0.717) is 5.69 Å². The first-order valence-electron chi connectivity index (χ1n) is 7.19. The third-order valence-electron chi connectivity index (χ3n) is 4.20. The standard InChI is InChI=1S/C16H20N4O/c1-11-3-4-13-12(14(11)17)5-6-18-15(13)16(21)20-9-7-19(2)8-10-20/h3-6H,7-10,17H2,1-2H3. The van der Waals surface area contributed by atoms with Crippen LogP contribution >= 0.6 is 0 Å². The van der Waals surface area contributed by atoms with E-state index in [1.165, 1.54) is 0 Å². The summed E-state index contributed by atoms with van der Waals surface area (Å²) in [6.07, 6.45) is 1.67. The highest BCUT2D eigenvalue weighted by Crippen LogP contribution is 2.26. The number of piperazine rings is 1. The molecular formula is C16H20N4O. The molecule has 1 aliphatic heterocycles. The highest BCUT2D eigenvalue weighted by atomic mass is 16.2. The van der Waals surface area contributed by atoms with E-state index in [9.17, 15) is 4.79 Å². The van der Waals surface area contributed by atoms with E-state index in [2.05, 4.69) is 16.9 Å². The maximum absolute atomic E-state index is 12.7. The fraction of sp³-hybridized carbons (Fsp3) is 0.375. The molecule has 2 aromatic rings. The number of nitrogens with zero attached hydrogens (tertiary/aromatic N) is 3. The Morgan fingerprint density at radius 3 is 2.57 bits per heavy atom. The van der Waals surface area contributed by atoms with Crippen LogP contribution in [0.3, 0.4) is 0 Å². The van der Waals surface area contributed by atoms with Crippen molar-refractivity contribution in [3.63, 3.8) is 0 Å². The summed E-state index contributed by atoms with van der Waals surface area (Å²) in [5, 5.41) is 1.74. The zero-order chi connectivity index (χ0) is 15.0. The number of carbonyl (C=O) groups excluding carboxylic acids is 1. The average Bonchev–Trinajstić information content (AvgIpc) is 2.50. The molecule has 0 atom stereocenters. The van der Waals surface area contributed by atoms with Crippen molar-refractivity contribution in [3.8, 4) is 0 Å². The number of nitrogen functional groups attached to an aromatic ring is 1. The summed E-state index contributed by atoms with van der Waals surface area (Å²) in [7, 11) is 2.07. The zero-order valence-corrected chi connectivity index (χ0v) is 12.5. The number of likely N-dealkylation sites (N-methyl/N-ethyl adjacent to an activating group) is 1. The van der Waals surface area contributed by atoms with E-state index in [1.54, 1.807) is 6.20 Å². The van der Waals surface area contributed by atoms with Crippen LogP contribution in [0.1, 0.15) is 16.1 Å². The van der Waals surface area contributed by atoms with E-state index in [1.807, 2.05) is 30.0 Å². The van der Waals surface area contributed by atoms with Gasteiger partial charge in [-0.05, 0) is 25.6 Å². The number of aromatic nitrogens is 1. The Morgan fingerprint density at radius 2 is 1.86 bits per heavy atom. The Balaban J connectivity index is 2.00. The van der Waals surface area contributed by atoms with Crippen LogP contribution in [-0.2, 0) is 0 Å². The van der Waals surface area contributed by atoms with Gasteiger partial charge >= 0.3 is 0 Å². The molecule has 0 spiro atoms. The van der Waals surface area contributed by atoms with Gasteiger partial charge in [0, 0.05) is 48.8 Å². The first kappa shape index (κ1) is 13.8. The quantitative estimate of drug-likeness (QED) is 0.806. The number of fused-ring (bicyclic) bond motifs is 1. The lowest BCUT2D eigenvalue weighted by molar-refractivity contribution is 0.0660. The van der Waals surface area contributed by atoms with Crippen molar-refractivity contribution in [3.05, 3.63) is 35.7 Å². The monoisotopic (exact) mass is 284 g/mol. The summed E-state index contributed by atoms with van der Waals surface area (Å²) in [6, 6.07) is 5.76. The molecule has 5 heteroatoms. The summed E-state index contributed by atoms with van der Waals surface area (Å²) in [6.45, 7) is 5.26. The first-order chi connectivity index (χ1) is 10.1. The minimum Gasteiger partial charge on any atom is -0.398 e. The first-order valence-corrected chi connectivity index (χ1v) is 7.19. The Hall–Kier alpha value is -2.14. The molecule has 21 heavy (non-hydrogen) atoms. The molecule has 1 amide bonds. The molecule has 0 aliphatic carbocycles. The van der Waals surface area contributed by atoms with Crippen LogP contribution < -0.4 is 5.73 Å². The lowest BCUT2D eigenvalue weighted by Crippen LogP contribution is -2.47. The summed E-state index contributed by atoms with van der Waals surface area (Å²) >= 11 is 0. The van der Waals surface area contributed by atoms with Gasteiger partial charge in [0.15, 0.2) is 0 Å². The van der Waals surface area contributed by atoms with Gasteiger partial charge in [-0.1, -0.05) is 12.1 Å². The molecule has 1 saturated heterocycles. The molecule has 3 rings (SSSR count). The van der Waals surface area contributed by atoms with Gasteiger partial charge in [0.05, 0.1) is 0 Å². The molecule has 110 valence electrons. The number of rotatable bonds is 1. The minimum absolute atomic E-state index is 0.00282. The molecule has 1 aromatic carbocycles. The second-order valence-electron chi connectivity index (χ2n) is 5.65. The number of aryl methyl sites for hydroxylation is 1. The van der Waals surface area contributed by atoms with Crippen LogP contribution in [0.5, 0.6) is 0 Å². The predicted octanol–water partition coefficient (Wildman–Crippen LogP) is 1.51. The molecule has 0 bridgehead atoms. The lowest BCUT2D eigenvalue weighted by Gasteiger charge is -2.32. The molecule has 2 N–H and O–H groups in total. The van der Waals surface area contributed by atoms with Gasteiger partial charge in [-0.15, -0.1) is 0 Å². The molecule has 0 saturated carbocycles. The van der Waals surface area contributed by atoms with Gasteiger partial charge in [0.2, 0.25) is 0 Å². The van der Waals surface area contributed by atoms with Crippen molar-refractivity contribution < 1.29 is 4.79 Å². The zero-order valence-electron chi connectivity index (χ0n) is 12.5. The molecule has 1 aliphatic rings. The number of hydrogen-bond acceptors (Lipinski definition) is 4. The Bertz CT molecular complexity index is 690. The second-order valence-corrected chi connectivity index (χ2v) is 5.65. The molecule has 1 fully saturated rings. The fourth-order valence-corrected chi connectivity index (χ4v) is 2.72. The summed E-state index contributed by atoms with van der Waals surface area (Å²) < 4.78 is 0.